The quantitative estimate of drug-likeness (QED) is 0.817. The van der Waals surface area contributed by atoms with Crippen molar-refractivity contribution in [3.8, 4) is 0 Å². The molecule has 2 rings (SSSR count). The van der Waals surface area contributed by atoms with Crippen LogP contribution in [0.4, 0.5) is 8.78 Å². The molecule has 0 bridgehead atoms. The molecular weight excluding hydrogens is 208 g/mol. The fourth-order valence-corrected chi connectivity index (χ4v) is 1.20. The van der Waals surface area contributed by atoms with Gasteiger partial charge in [-0.3, -0.25) is 0 Å². The van der Waals surface area contributed by atoms with E-state index in [1.165, 1.54) is 12.3 Å². The van der Waals surface area contributed by atoms with Crippen LogP contribution in [0.25, 0.3) is 5.52 Å². The maximum Gasteiger partial charge on any atom is 0.335 e. The molecule has 0 aliphatic rings. The Hall–Kier alpha value is -2.05. The minimum Gasteiger partial charge on any atom is -0.478 e. The van der Waals surface area contributed by atoms with Gasteiger partial charge < -0.3 is 5.11 Å². The molecule has 0 amide bonds. The first-order valence-electron chi connectivity index (χ1n) is 3.96. The lowest BCUT2D eigenvalue weighted by molar-refractivity contribution is 0.0696. The highest BCUT2D eigenvalue weighted by Crippen LogP contribution is 2.21. The van der Waals surface area contributed by atoms with Crippen molar-refractivity contribution in [2.24, 2.45) is 0 Å². The maximum absolute atomic E-state index is 12.4. The second-order valence-corrected chi connectivity index (χ2v) is 2.83. The van der Waals surface area contributed by atoms with Gasteiger partial charge >= 0.3 is 5.97 Å². The van der Waals surface area contributed by atoms with E-state index in [9.17, 15) is 13.6 Å². The third-order valence-corrected chi connectivity index (χ3v) is 1.90. The number of carbonyl (C=O) groups is 1. The van der Waals surface area contributed by atoms with Crippen LogP contribution in [-0.2, 0) is 0 Å². The zero-order valence-electron chi connectivity index (χ0n) is 7.26. The molecule has 0 atom stereocenters. The van der Waals surface area contributed by atoms with Gasteiger partial charge in [0.1, 0.15) is 0 Å². The molecule has 1 N–H and O–H groups in total. The third-order valence-electron chi connectivity index (χ3n) is 1.90. The summed E-state index contributed by atoms with van der Waals surface area (Å²) in [7, 11) is 0. The molecule has 0 fully saturated rings. The van der Waals surface area contributed by atoms with Crippen LogP contribution in [0.1, 0.15) is 22.5 Å². The van der Waals surface area contributed by atoms with E-state index in [4.69, 9.17) is 5.11 Å². The standard InChI is InChI=1S/C8H5F2N3O2/c9-7(10)6-5-3-4(8(14)15)1-2-13(5)12-11-6/h1-3,7H,(H,14,15). The minimum atomic E-state index is -2.77. The monoisotopic (exact) mass is 213 g/mol. The normalized spacial score (nSPS) is 11.1. The van der Waals surface area contributed by atoms with Crippen LogP contribution >= 0.6 is 0 Å². The number of halogens is 2. The van der Waals surface area contributed by atoms with Crippen molar-refractivity contribution in [3.05, 3.63) is 29.6 Å². The summed E-state index contributed by atoms with van der Waals surface area (Å²) in [4.78, 5) is 10.6. The Bertz CT molecular complexity index is 524. The third kappa shape index (κ3) is 1.51. The number of alkyl halides is 2. The van der Waals surface area contributed by atoms with Crippen LogP contribution in [-0.4, -0.2) is 25.9 Å². The van der Waals surface area contributed by atoms with Gasteiger partial charge in [0.2, 0.25) is 0 Å². The summed E-state index contributed by atoms with van der Waals surface area (Å²) >= 11 is 0. The Kier molecular flexibility index (Phi) is 2.07. The van der Waals surface area contributed by atoms with E-state index < -0.39 is 18.1 Å². The molecule has 0 unspecified atom stereocenters. The highest BCUT2D eigenvalue weighted by Gasteiger charge is 2.17. The van der Waals surface area contributed by atoms with Gasteiger partial charge in [0, 0.05) is 6.20 Å². The molecule has 0 saturated carbocycles. The zero-order valence-corrected chi connectivity index (χ0v) is 7.26. The Morgan fingerprint density at radius 1 is 1.53 bits per heavy atom. The number of rotatable bonds is 2. The fourth-order valence-electron chi connectivity index (χ4n) is 1.20. The lowest BCUT2D eigenvalue weighted by atomic mass is 10.2. The molecule has 15 heavy (non-hydrogen) atoms. The van der Waals surface area contributed by atoms with Crippen molar-refractivity contribution >= 4 is 11.5 Å². The molecule has 7 heteroatoms. The number of pyridine rings is 1. The van der Waals surface area contributed by atoms with Gasteiger partial charge in [0.25, 0.3) is 6.43 Å². The van der Waals surface area contributed by atoms with Gasteiger partial charge in [-0.2, -0.15) is 0 Å². The summed E-state index contributed by atoms with van der Waals surface area (Å²) in [6.07, 6.45) is -1.50. The maximum atomic E-state index is 12.4. The van der Waals surface area contributed by atoms with E-state index >= 15 is 0 Å². The molecule has 5 nitrogen and oxygen atoms in total. The van der Waals surface area contributed by atoms with Crippen molar-refractivity contribution in [2.75, 3.05) is 0 Å². The van der Waals surface area contributed by atoms with E-state index in [0.717, 1.165) is 10.6 Å². The van der Waals surface area contributed by atoms with Crippen LogP contribution in [0.2, 0.25) is 0 Å². The summed E-state index contributed by atoms with van der Waals surface area (Å²) in [5, 5.41) is 15.4. The van der Waals surface area contributed by atoms with E-state index in [1.807, 2.05) is 0 Å². The second kappa shape index (κ2) is 3.26. The van der Waals surface area contributed by atoms with Gasteiger partial charge in [-0.1, -0.05) is 5.21 Å². The Morgan fingerprint density at radius 3 is 2.87 bits per heavy atom. The number of fused-ring (bicyclic) bond motifs is 1. The number of hydrogen-bond acceptors (Lipinski definition) is 3. The van der Waals surface area contributed by atoms with Gasteiger partial charge in [0.05, 0.1) is 11.1 Å². The topological polar surface area (TPSA) is 67.5 Å². The molecule has 0 aliphatic carbocycles. The molecule has 0 aliphatic heterocycles. The minimum absolute atomic E-state index is 0.00454. The van der Waals surface area contributed by atoms with Crippen LogP contribution in [0.3, 0.4) is 0 Å². The Morgan fingerprint density at radius 2 is 2.27 bits per heavy atom. The van der Waals surface area contributed by atoms with Gasteiger partial charge in [-0.15, -0.1) is 5.10 Å². The number of hydrogen-bond donors (Lipinski definition) is 1. The molecule has 0 saturated heterocycles. The average molecular weight is 213 g/mol. The largest absolute Gasteiger partial charge is 0.478 e. The lowest BCUT2D eigenvalue weighted by Gasteiger charge is -1.97. The molecule has 2 aromatic heterocycles. The zero-order chi connectivity index (χ0) is 11.0. The Labute approximate surface area is 81.9 Å². The highest BCUT2D eigenvalue weighted by molar-refractivity contribution is 5.89. The smallest absolute Gasteiger partial charge is 0.335 e. The first kappa shape index (κ1) is 9.50. The first-order valence-corrected chi connectivity index (χ1v) is 3.96. The van der Waals surface area contributed by atoms with Crippen LogP contribution in [0, 0.1) is 0 Å². The van der Waals surface area contributed by atoms with Crippen molar-refractivity contribution in [2.45, 2.75) is 6.43 Å². The number of carboxylic acid groups (broad SMARTS) is 1. The molecule has 0 spiro atoms. The van der Waals surface area contributed by atoms with E-state index in [2.05, 4.69) is 10.3 Å². The molecule has 2 aromatic rings. The van der Waals surface area contributed by atoms with Crippen molar-refractivity contribution in [1.82, 2.24) is 14.8 Å². The molecule has 78 valence electrons. The number of aromatic nitrogens is 3. The summed E-state index contributed by atoms with van der Waals surface area (Å²) in [5.74, 6) is -1.18. The summed E-state index contributed by atoms with van der Waals surface area (Å²) in [6, 6.07) is 2.38. The van der Waals surface area contributed by atoms with Crippen molar-refractivity contribution in [1.29, 1.82) is 0 Å². The fraction of sp³-hybridized carbons (Fsp3) is 0.125. The summed E-state index contributed by atoms with van der Waals surface area (Å²) in [5.41, 5.74) is -0.588. The van der Waals surface area contributed by atoms with Gasteiger partial charge in [-0.25, -0.2) is 18.1 Å². The van der Waals surface area contributed by atoms with E-state index in [1.54, 1.807) is 0 Å². The Balaban J connectivity index is 2.66. The molecule has 2 heterocycles. The van der Waals surface area contributed by atoms with Crippen LogP contribution in [0.5, 0.6) is 0 Å². The summed E-state index contributed by atoms with van der Waals surface area (Å²) in [6.45, 7) is 0. The second-order valence-electron chi connectivity index (χ2n) is 2.83. The van der Waals surface area contributed by atoms with Crippen LogP contribution in [0.15, 0.2) is 18.3 Å². The van der Waals surface area contributed by atoms with E-state index in [-0.39, 0.29) is 11.1 Å². The predicted octanol–water partition coefficient (Wildman–Crippen LogP) is 1.37. The van der Waals surface area contributed by atoms with Gasteiger partial charge in [-0.05, 0) is 12.1 Å². The summed E-state index contributed by atoms with van der Waals surface area (Å²) < 4.78 is 25.9. The highest BCUT2D eigenvalue weighted by atomic mass is 19.3. The SMILES string of the molecule is O=C(O)c1ccn2nnc(C(F)F)c2c1. The average Bonchev–Trinajstić information content (AvgIpc) is 2.59. The first-order chi connectivity index (χ1) is 7.09. The van der Waals surface area contributed by atoms with Crippen LogP contribution < -0.4 is 0 Å². The van der Waals surface area contributed by atoms with E-state index in [0.29, 0.717) is 0 Å². The number of carboxylic acids is 1. The predicted molar refractivity (Wildman–Crippen MR) is 44.9 cm³/mol. The number of aromatic carboxylic acids is 1. The van der Waals surface area contributed by atoms with Gasteiger partial charge in [0.15, 0.2) is 5.69 Å². The van der Waals surface area contributed by atoms with Crippen molar-refractivity contribution < 1.29 is 18.7 Å². The molecule has 0 aromatic carbocycles. The lowest BCUT2D eigenvalue weighted by Crippen LogP contribution is -1.98. The number of nitrogens with zero attached hydrogens (tertiary/aromatic N) is 3. The van der Waals surface area contributed by atoms with Crippen molar-refractivity contribution in [3.63, 3.8) is 0 Å². The molecule has 0 radical (unpaired) electrons. The molecular formula is C8H5F2N3O2.